The Morgan fingerprint density at radius 2 is 2.31 bits per heavy atom. The average molecular weight is 225 g/mol. The molecule has 2 N–H and O–H groups in total. The molecule has 1 unspecified atom stereocenters. The minimum absolute atomic E-state index is 0.175. The summed E-state index contributed by atoms with van der Waals surface area (Å²) in [6, 6.07) is -0.175. The van der Waals surface area contributed by atoms with E-state index >= 15 is 0 Å². The second kappa shape index (κ2) is 4.93. The van der Waals surface area contributed by atoms with Crippen LogP contribution >= 0.6 is 0 Å². The van der Waals surface area contributed by atoms with Crippen molar-refractivity contribution in [1.29, 1.82) is 0 Å². The SMILES string of the molecule is CC(C)[C@@H](N)c1nc(CC2CCCO2)no1. The maximum atomic E-state index is 5.93. The average Bonchev–Trinajstić information content (AvgIpc) is 2.88. The molecule has 0 spiro atoms. The van der Waals surface area contributed by atoms with E-state index in [-0.39, 0.29) is 12.1 Å². The quantitative estimate of drug-likeness (QED) is 0.839. The van der Waals surface area contributed by atoms with Crippen LogP contribution < -0.4 is 5.73 Å². The molecule has 1 aliphatic rings. The Labute approximate surface area is 95.3 Å². The molecule has 1 saturated heterocycles. The molecule has 0 aliphatic carbocycles. The van der Waals surface area contributed by atoms with E-state index in [1.54, 1.807) is 0 Å². The molecule has 1 aliphatic heterocycles. The number of aromatic nitrogens is 2. The molecule has 5 nitrogen and oxygen atoms in total. The lowest BCUT2D eigenvalue weighted by Crippen LogP contribution is -2.17. The zero-order valence-electron chi connectivity index (χ0n) is 9.85. The van der Waals surface area contributed by atoms with Crippen molar-refractivity contribution in [2.45, 2.75) is 45.3 Å². The molecule has 1 aromatic rings. The molecule has 1 aromatic heterocycles. The standard InChI is InChI=1S/C11H19N3O2/c1-7(2)10(12)11-13-9(14-16-11)6-8-4-3-5-15-8/h7-8,10H,3-6,12H2,1-2H3/t8?,10-/m1/s1. The minimum Gasteiger partial charge on any atom is -0.378 e. The van der Waals surface area contributed by atoms with Crippen LogP contribution in [0, 0.1) is 5.92 Å². The molecule has 90 valence electrons. The van der Waals surface area contributed by atoms with Crippen molar-refractivity contribution in [3.63, 3.8) is 0 Å². The van der Waals surface area contributed by atoms with Crippen molar-refractivity contribution in [3.05, 3.63) is 11.7 Å². The fraction of sp³-hybridized carbons (Fsp3) is 0.818. The molecule has 0 saturated carbocycles. The summed E-state index contributed by atoms with van der Waals surface area (Å²) >= 11 is 0. The van der Waals surface area contributed by atoms with E-state index in [1.807, 2.05) is 13.8 Å². The highest BCUT2D eigenvalue weighted by Gasteiger charge is 2.21. The van der Waals surface area contributed by atoms with Crippen molar-refractivity contribution >= 4 is 0 Å². The summed E-state index contributed by atoms with van der Waals surface area (Å²) in [5, 5.41) is 3.94. The van der Waals surface area contributed by atoms with Crippen LogP contribution in [-0.2, 0) is 11.2 Å². The van der Waals surface area contributed by atoms with E-state index in [0.29, 0.717) is 17.6 Å². The van der Waals surface area contributed by atoms with Gasteiger partial charge in [0.15, 0.2) is 5.82 Å². The first-order valence-corrected chi connectivity index (χ1v) is 5.86. The highest BCUT2D eigenvalue weighted by Crippen LogP contribution is 2.19. The molecular weight excluding hydrogens is 206 g/mol. The van der Waals surface area contributed by atoms with E-state index in [2.05, 4.69) is 10.1 Å². The topological polar surface area (TPSA) is 74.2 Å². The molecule has 2 heterocycles. The van der Waals surface area contributed by atoms with Gasteiger partial charge in [0.1, 0.15) is 0 Å². The third kappa shape index (κ3) is 2.59. The van der Waals surface area contributed by atoms with Gasteiger partial charge in [0.2, 0.25) is 5.89 Å². The van der Waals surface area contributed by atoms with Crippen molar-refractivity contribution in [2.75, 3.05) is 6.61 Å². The first-order valence-electron chi connectivity index (χ1n) is 5.86. The summed E-state index contributed by atoms with van der Waals surface area (Å²) in [6.07, 6.45) is 3.19. The number of hydrogen-bond acceptors (Lipinski definition) is 5. The van der Waals surface area contributed by atoms with Gasteiger partial charge in [-0.25, -0.2) is 0 Å². The van der Waals surface area contributed by atoms with E-state index < -0.39 is 0 Å². The summed E-state index contributed by atoms with van der Waals surface area (Å²) in [5.41, 5.74) is 5.93. The van der Waals surface area contributed by atoms with Gasteiger partial charge >= 0.3 is 0 Å². The van der Waals surface area contributed by atoms with Crippen LogP contribution in [0.3, 0.4) is 0 Å². The summed E-state index contributed by atoms with van der Waals surface area (Å²) in [5.74, 6) is 1.54. The molecule has 2 atom stereocenters. The van der Waals surface area contributed by atoms with Gasteiger partial charge in [-0.05, 0) is 18.8 Å². The lowest BCUT2D eigenvalue weighted by molar-refractivity contribution is 0.109. The van der Waals surface area contributed by atoms with Crippen molar-refractivity contribution < 1.29 is 9.26 Å². The van der Waals surface area contributed by atoms with Gasteiger partial charge in [-0.15, -0.1) is 0 Å². The Bertz CT molecular complexity index is 332. The third-order valence-electron chi connectivity index (χ3n) is 2.92. The number of nitrogens with two attached hydrogens (primary N) is 1. The van der Waals surface area contributed by atoms with Crippen molar-refractivity contribution in [3.8, 4) is 0 Å². The second-order valence-corrected chi connectivity index (χ2v) is 4.66. The third-order valence-corrected chi connectivity index (χ3v) is 2.92. The van der Waals surface area contributed by atoms with Crippen LogP contribution in [0.25, 0.3) is 0 Å². The first-order chi connectivity index (χ1) is 7.66. The van der Waals surface area contributed by atoms with E-state index in [1.165, 1.54) is 0 Å². The Morgan fingerprint density at radius 1 is 1.50 bits per heavy atom. The Hall–Kier alpha value is -0.940. The first kappa shape index (κ1) is 11.5. The van der Waals surface area contributed by atoms with Crippen LogP contribution in [-0.4, -0.2) is 22.9 Å². The second-order valence-electron chi connectivity index (χ2n) is 4.66. The maximum Gasteiger partial charge on any atom is 0.243 e. The fourth-order valence-electron chi connectivity index (χ4n) is 1.78. The van der Waals surface area contributed by atoms with Crippen LogP contribution in [0.2, 0.25) is 0 Å². The van der Waals surface area contributed by atoms with Gasteiger partial charge in [0.05, 0.1) is 12.1 Å². The summed E-state index contributed by atoms with van der Waals surface area (Å²) in [4.78, 5) is 4.31. The fourth-order valence-corrected chi connectivity index (χ4v) is 1.78. The lowest BCUT2D eigenvalue weighted by Gasteiger charge is -2.09. The van der Waals surface area contributed by atoms with Crippen LogP contribution in [0.1, 0.15) is 44.4 Å². The van der Waals surface area contributed by atoms with Crippen LogP contribution in [0.4, 0.5) is 0 Å². The Kier molecular flexibility index (Phi) is 3.56. The molecule has 0 aromatic carbocycles. The monoisotopic (exact) mass is 225 g/mol. The lowest BCUT2D eigenvalue weighted by atomic mass is 10.1. The number of nitrogens with zero attached hydrogens (tertiary/aromatic N) is 2. The van der Waals surface area contributed by atoms with Gasteiger partial charge in [0.25, 0.3) is 0 Å². The molecule has 0 bridgehead atoms. The van der Waals surface area contributed by atoms with Gasteiger partial charge in [0, 0.05) is 13.0 Å². The number of ether oxygens (including phenoxy) is 1. The highest BCUT2D eigenvalue weighted by molar-refractivity contribution is 4.94. The van der Waals surface area contributed by atoms with Crippen LogP contribution in [0.5, 0.6) is 0 Å². The maximum absolute atomic E-state index is 5.93. The Morgan fingerprint density at radius 3 is 2.94 bits per heavy atom. The summed E-state index contributed by atoms with van der Waals surface area (Å²) < 4.78 is 10.7. The zero-order chi connectivity index (χ0) is 11.5. The summed E-state index contributed by atoms with van der Waals surface area (Å²) in [7, 11) is 0. The summed E-state index contributed by atoms with van der Waals surface area (Å²) in [6.45, 7) is 4.92. The number of hydrogen-bond donors (Lipinski definition) is 1. The highest BCUT2D eigenvalue weighted by atomic mass is 16.5. The smallest absolute Gasteiger partial charge is 0.243 e. The van der Waals surface area contributed by atoms with Crippen molar-refractivity contribution in [2.24, 2.45) is 11.7 Å². The molecule has 0 radical (unpaired) electrons. The predicted molar refractivity (Wildman–Crippen MR) is 58.7 cm³/mol. The molecule has 2 rings (SSSR count). The molecule has 5 heteroatoms. The molecular formula is C11H19N3O2. The predicted octanol–water partition coefficient (Wildman–Crippen LogP) is 1.45. The molecule has 16 heavy (non-hydrogen) atoms. The molecule has 1 fully saturated rings. The van der Waals surface area contributed by atoms with E-state index in [0.717, 1.165) is 25.9 Å². The number of rotatable bonds is 4. The van der Waals surface area contributed by atoms with Crippen molar-refractivity contribution in [1.82, 2.24) is 10.1 Å². The normalized spacial score (nSPS) is 22.9. The van der Waals surface area contributed by atoms with E-state index in [4.69, 9.17) is 15.0 Å². The van der Waals surface area contributed by atoms with E-state index in [9.17, 15) is 0 Å². The van der Waals surface area contributed by atoms with Gasteiger partial charge in [-0.1, -0.05) is 19.0 Å². The van der Waals surface area contributed by atoms with Gasteiger partial charge < -0.3 is 15.0 Å². The molecule has 0 amide bonds. The zero-order valence-corrected chi connectivity index (χ0v) is 9.85. The van der Waals surface area contributed by atoms with Crippen LogP contribution in [0.15, 0.2) is 4.52 Å². The largest absolute Gasteiger partial charge is 0.378 e. The van der Waals surface area contributed by atoms with Gasteiger partial charge in [-0.2, -0.15) is 4.98 Å². The van der Waals surface area contributed by atoms with Gasteiger partial charge in [-0.3, -0.25) is 0 Å². The minimum atomic E-state index is -0.175. The Balaban J connectivity index is 1.96.